The number of nitrogen functional groups attached to an aromatic ring is 1. The summed E-state index contributed by atoms with van der Waals surface area (Å²) in [6.07, 6.45) is 1.27. The smallest absolute Gasteiger partial charge is 0.181 e. The zero-order valence-corrected chi connectivity index (χ0v) is 10.4. The van der Waals surface area contributed by atoms with Gasteiger partial charge in [-0.25, -0.2) is 19.9 Å². The Morgan fingerprint density at radius 1 is 0.857 bits per heavy atom. The van der Waals surface area contributed by atoms with Crippen LogP contribution in [0.2, 0.25) is 0 Å². The second-order valence-electron chi connectivity index (χ2n) is 4.03. The first kappa shape index (κ1) is 12.2. The molecule has 0 radical (unpaired) electrons. The molecule has 0 aliphatic carbocycles. The van der Waals surface area contributed by atoms with Gasteiger partial charge in [-0.3, -0.25) is 0 Å². The lowest BCUT2D eigenvalue weighted by Crippen LogP contribution is -1.93. The van der Waals surface area contributed by atoms with Crippen LogP contribution in [0.4, 0.5) is 5.82 Å². The number of rotatable bonds is 0. The number of aromatic nitrogens is 4. The third-order valence-corrected chi connectivity index (χ3v) is 2.90. The van der Waals surface area contributed by atoms with Crippen LogP contribution in [0.25, 0.3) is 22.2 Å². The number of hydrogen-bond donors (Lipinski definition) is 1. The normalized spacial score (nSPS) is 9.95. The molecule has 0 saturated carbocycles. The number of imidazole rings is 1. The molecule has 0 spiro atoms. The maximum atomic E-state index is 9.34. The minimum Gasteiger partial charge on any atom is -0.383 e. The Kier molecular flexibility index (Phi) is 2.54. The molecule has 0 atom stereocenters. The molecule has 0 aliphatic heterocycles. The first-order valence-corrected chi connectivity index (χ1v) is 5.64. The summed E-state index contributed by atoms with van der Waals surface area (Å²) in [5.74, 6) is -0.0823. The first-order chi connectivity index (χ1) is 10.2. The van der Waals surface area contributed by atoms with E-state index in [0.29, 0.717) is 0 Å². The third kappa shape index (κ3) is 1.66. The van der Waals surface area contributed by atoms with Crippen molar-refractivity contribution in [2.24, 2.45) is 0 Å². The molecule has 0 amide bonds. The lowest BCUT2D eigenvalue weighted by Gasteiger charge is -1.97. The lowest BCUT2D eigenvalue weighted by atomic mass is 10.1. The van der Waals surface area contributed by atoms with Crippen LogP contribution in [0.5, 0.6) is 0 Å². The Morgan fingerprint density at radius 3 is 2.29 bits per heavy atom. The number of anilines is 1. The zero-order chi connectivity index (χ0) is 15.0. The largest absolute Gasteiger partial charge is 0.383 e. The van der Waals surface area contributed by atoms with Gasteiger partial charge >= 0.3 is 0 Å². The quantitative estimate of drug-likeness (QED) is 0.630. The first-order valence-electron chi connectivity index (χ1n) is 5.64. The third-order valence-electron chi connectivity index (χ3n) is 2.90. The Hall–Kier alpha value is -3.83. The van der Waals surface area contributed by atoms with Gasteiger partial charge in [-0.1, -0.05) is 0 Å². The highest BCUT2D eigenvalue weighted by Crippen LogP contribution is 2.25. The fourth-order valence-corrected chi connectivity index (χ4v) is 1.95. The summed E-state index contributed by atoms with van der Waals surface area (Å²) in [6.45, 7) is 0. The van der Waals surface area contributed by atoms with Crippen LogP contribution in [0.15, 0.2) is 12.4 Å². The maximum absolute atomic E-state index is 9.34. The van der Waals surface area contributed by atoms with Crippen molar-refractivity contribution >= 4 is 28.0 Å². The Morgan fingerprint density at radius 2 is 1.62 bits per heavy atom. The van der Waals surface area contributed by atoms with Crippen molar-refractivity contribution in [2.45, 2.75) is 0 Å². The second-order valence-corrected chi connectivity index (χ2v) is 4.03. The van der Waals surface area contributed by atoms with Gasteiger partial charge < -0.3 is 5.73 Å². The van der Waals surface area contributed by atoms with Gasteiger partial charge in [-0.2, -0.15) is 15.8 Å². The van der Waals surface area contributed by atoms with Crippen molar-refractivity contribution in [3.8, 4) is 18.2 Å². The summed E-state index contributed by atoms with van der Waals surface area (Å²) in [5, 5.41) is 27.6. The molecule has 2 N–H and O–H groups in total. The molecule has 0 aliphatic rings. The van der Waals surface area contributed by atoms with Crippen LogP contribution in [-0.2, 0) is 0 Å². The number of pyridine rings is 1. The summed E-state index contributed by atoms with van der Waals surface area (Å²) in [4.78, 5) is 16.2. The van der Waals surface area contributed by atoms with E-state index < -0.39 is 0 Å². The van der Waals surface area contributed by atoms with Gasteiger partial charge in [0.05, 0.1) is 11.1 Å². The van der Waals surface area contributed by atoms with E-state index in [2.05, 4.69) is 19.9 Å². The monoisotopic (exact) mass is 272 g/mol. The molecule has 21 heavy (non-hydrogen) atoms. The molecule has 0 aromatic carbocycles. The van der Waals surface area contributed by atoms with Gasteiger partial charge in [0.25, 0.3) is 0 Å². The molecule has 3 heterocycles. The van der Waals surface area contributed by atoms with Gasteiger partial charge in [-0.05, 0) is 6.07 Å². The molecule has 96 valence electrons. The van der Waals surface area contributed by atoms with Crippen LogP contribution in [0, 0.1) is 34.0 Å². The minimum absolute atomic E-state index is 0.0361. The average Bonchev–Trinajstić information content (AvgIpc) is 2.90. The molecule has 0 bridgehead atoms. The van der Waals surface area contributed by atoms with Crippen LogP contribution in [0.1, 0.15) is 16.7 Å². The predicted octanol–water partition coefficient (Wildman–Crippen LogP) is 0.770. The molecule has 0 unspecified atom stereocenters. The average molecular weight is 272 g/mol. The molecule has 8 nitrogen and oxygen atoms in total. The zero-order valence-electron chi connectivity index (χ0n) is 10.4. The van der Waals surface area contributed by atoms with Crippen molar-refractivity contribution in [3.63, 3.8) is 0 Å². The fourth-order valence-electron chi connectivity index (χ4n) is 1.95. The summed E-state index contributed by atoms with van der Waals surface area (Å²) < 4.78 is 0. The molecule has 8 heteroatoms. The van der Waals surface area contributed by atoms with E-state index in [1.54, 1.807) is 0 Å². The van der Waals surface area contributed by atoms with E-state index in [-0.39, 0.29) is 44.7 Å². The summed E-state index contributed by atoms with van der Waals surface area (Å²) in [7, 11) is 0. The molecule has 0 fully saturated rings. The SMILES string of the molecule is N#Cc1cc(C#N)c2nc3ncnc3c(C#N)c2nc1N. The van der Waals surface area contributed by atoms with Crippen LogP contribution >= 0.6 is 0 Å². The minimum atomic E-state index is -0.0823. The number of hydrogen-bond acceptors (Lipinski definition) is 8. The highest BCUT2D eigenvalue weighted by atomic mass is 15.0. The van der Waals surface area contributed by atoms with Gasteiger partial charge in [-0.15, -0.1) is 0 Å². The van der Waals surface area contributed by atoms with Crippen molar-refractivity contribution in [2.75, 3.05) is 5.73 Å². The summed E-state index contributed by atoms with van der Waals surface area (Å²) in [6, 6.07) is 7.06. The molecule has 0 saturated heterocycles. The standard InChI is InChI=1S/C13H4N8/c14-2-6-1-7(3-15)12(17)20-10-8(4-16)11-13(19-5-18-11)21-9(6)10/h1,5H,(H2,17,20). The predicted molar refractivity (Wildman–Crippen MR) is 71.2 cm³/mol. The molecule has 3 aromatic heterocycles. The number of nitrogens with zero attached hydrogens (tertiary/aromatic N) is 7. The lowest BCUT2D eigenvalue weighted by molar-refractivity contribution is 1.32. The highest BCUT2D eigenvalue weighted by Gasteiger charge is 2.16. The summed E-state index contributed by atoms with van der Waals surface area (Å²) in [5.41, 5.74) is 6.78. The molecule has 3 rings (SSSR count). The molecular formula is C13H4N8. The van der Waals surface area contributed by atoms with E-state index in [9.17, 15) is 10.5 Å². The van der Waals surface area contributed by atoms with Gasteiger partial charge in [0.1, 0.15) is 52.5 Å². The van der Waals surface area contributed by atoms with Crippen LogP contribution in [0.3, 0.4) is 0 Å². The van der Waals surface area contributed by atoms with E-state index in [1.807, 2.05) is 18.2 Å². The number of fused-ring (bicyclic) bond motifs is 2. The Balaban J connectivity index is 2.70. The molecular weight excluding hydrogens is 268 g/mol. The van der Waals surface area contributed by atoms with Gasteiger partial charge in [0.15, 0.2) is 5.65 Å². The fraction of sp³-hybridized carbons (Fsp3) is 0. The summed E-state index contributed by atoms with van der Waals surface area (Å²) >= 11 is 0. The van der Waals surface area contributed by atoms with Crippen molar-refractivity contribution in [1.29, 1.82) is 15.8 Å². The number of nitriles is 3. The highest BCUT2D eigenvalue weighted by molar-refractivity contribution is 5.97. The van der Waals surface area contributed by atoms with Crippen molar-refractivity contribution in [1.82, 2.24) is 19.9 Å². The molecule has 3 aromatic rings. The van der Waals surface area contributed by atoms with Crippen molar-refractivity contribution in [3.05, 3.63) is 29.1 Å². The van der Waals surface area contributed by atoms with Crippen LogP contribution in [-0.4, -0.2) is 19.9 Å². The maximum Gasteiger partial charge on any atom is 0.181 e. The number of nitrogens with two attached hydrogens (primary N) is 1. The van der Waals surface area contributed by atoms with Gasteiger partial charge in [0, 0.05) is 0 Å². The Labute approximate surface area is 117 Å². The van der Waals surface area contributed by atoms with Gasteiger partial charge in [0.2, 0.25) is 0 Å². The Bertz CT molecular complexity index is 1030. The van der Waals surface area contributed by atoms with E-state index >= 15 is 0 Å². The van der Waals surface area contributed by atoms with E-state index in [4.69, 9.17) is 11.0 Å². The second kappa shape index (κ2) is 4.37. The van der Waals surface area contributed by atoms with Crippen molar-refractivity contribution < 1.29 is 0 Å². The topological polar surface area (TPSA) is 149 Å². The van der Waals surface area contributed by atoms with E-state index in [1.165, 1.54) is 12.4 Å². The van der Waals surface area contributed by atoms with E-state index in [0.717, 1.165) is 0 Å². The van der Waals surface area contributed by atoms with Crippen LogP contribution < -0.4 is 5.73 Å².